The highest BCUT2D eigenvalue weighted by molar-refractivity contribution is 6.31. The Bertz CT molecular complexity index is 420. The highest BCUT2D eigenvalue weighted by Gasteiger charge is 2.22. The van der Waals surface area contributed by atoms with E-state index in [0.717, 1.165) is 0 Å². The molecule has 3 nitrogen and oxygen atoms in total. The molecular weight excluding hydrogens is 290 g/mol. The summed E-state index contributed by atoms with van der Waals surface area (Å²) >= 11 is 5.93. The van der Waals surface area contributed by atoms with Crippen molar-refractivity contribution in [3.8, 4) is 0 Å². The van der Waals surface area contributed by atoms with Gasteiger partial charge in [-0.3, -0.25) is 4.79 Å². The molecule has 0 saturated carbocycles. The standard InChI is InChI=1S/C13H18ClFN2O.ClH/c1-7(2)12(16)13(18)17-8(3)11-9(14)5-4-6-10(11)15;/h4-8,12H,16H2,1-3H3,(H,17,18);1H/t8?,12-;/m0./s1. The summed E-state index contributed by atoms with van der Waals surface area (Å²) < 4.78 is 13.6. The number of nitrogens with one attached hydrogen (secondary N) is 1. The number of carbonyl (C=O) groups is 1. The van der Waals surface area contributed by atoms with Crippen LogP contribution in [0.1, 0.15) is 32.4 Å². The first-order chi connectivity index (χ1) is 8.34. The van der Waals surface area contributed by atoms with Gasteiger partial charge in [0.1, 0.15) is 5.82 Å². The molecular formula is C13H19Cl2FN2O. The molecule has 0 aliphatic carbocycles. The van der Waals surface area contributed by atoms with Crippen molar-refractivity contribution in [2.45, 2.75) is 32.9 Å². The summed E-state index contributed by atoms with van der Waals surface area (Å²) in [4.78, 5) is 11.8. The first-order valence-electron chi connectivity index (χ1n) is 5.84. The van der Waals surface area contributed by atoms with E-state index in [4.69, 9.17) is 17.3 Å². The average Bonchev–Trinajstić information content (AvgIpc) is 2.27. The van der Waals surface area contributed by atoms with Crippen LogP contribution < -0.4 is 11.1 Å². The summed E-state index contributed by atoms with van der Waals surface area (Å²) in [5.41, 5.74) is 6.00. The highest BCUT2D eigenvalue weighted by atomic mass is 35.5. The van der Waals surface area contributed by atoms with Crippen molar-refractivity contribution in [1.82, 2.24) is 5.32 Å². The fourth-order valence-electron chi connectivity index (χ4n) is 1.61. The SMILES string of the molecule is CC(NC(=O)[C@@H](N)C(C)C)c1c(F)cccc1Cl.Cl. The molecule has 1 aromatic rings. The van der Waals surface area contributed by atoms with Crippen LogP contribution in [0.2, 0.25) is 5.02 Å². The molecule has 19 heavy (non-hydrogen) atoms. The Kier molecular flexibility index (Phi) is 7.34. The van der Waals surface area contributed by atoms with Gasteiger partial charge in [-0.1, -0.05) is 31.5 Å². The Morgan fingerprint density at radius 2 is 1.95 bits per heavy atom. The molecule has 0 fully saturated rings. The Hall–Kier alpha value is -0.840. The zero-order valence-corrected chi connectivity index (χ0v) is 12.7. The van der Waals surface area contributed by atoms with Gasteiger partial charge in [-0.25, -0.2) is 4.39 Å². The van der Waals surface area contributed by atoms with Crippen LogP contribution in [-0.4, -0.2) is 11.9 Å². The normalized spacial score (nSPS) is 13.6. The second kappa shape index (κ2) is 7.68. The number of hydrogen-bond donors (Lipinski definition) is 2. The predicted molar refractivity (Wildman–Crippen MR) is 78.0 cm³/mol. The van der Waals surface area contributed by atoms with Crippen molar-refractivity contribution in [3.05, 3.63) is 34.6 Å². The molecule has 0 heterocycles. The van der Waals surface area contributed by atoms with Crippen molar-refractivity contribution in [1.29, 1.82) is 0 Å². The van der Waals surface area contributed by atoms with Crippen LogP contribution in [0.15, 0.2) is 18.2 Å². The molecule has 0 bridgehead atoms. The maximum atomic E-state index is 13.6. The van der Waals surface area contributed by atoms with Gasteiger partial charge in [0.2, 0.25) is 5.91 Å². The van der Waals surface area contributed by atoms with Gasteiger partial charge < -0.3 is 11.1 Å². The maximum Gasteiger partial charge on any atom is 0.237 e. The molecule has 1 aromatic carbocycles. The zero-order valence-electron chi connectivity index (χ0n) is 11.1. The van der Waals surface area contributed by atoms with E-state index in [9.17, 15) is 9.18 Å². The van der Waals surface area contributed by atoms with Crippen LogP contribution >= 0.6 is 24.0 Å². The lowest BCUT2D eigenvalue weighted by molar-refractivity contribution is -0.123. The molecule has 3 N–H and O–H groups in total. The van der Waals surface area contributed by atoms with Gasteiger partial charge in [0.25, 0.3) is 0 Å². The fourth-order valence-corrected chi connectivity index (χ4v) is 1.94. The minimum Gasteiger partial charge on any atom is -0.348 e. The summed E-state index contributed by atoms with van der Waals surface area (Å²) in [5.74, 6) is -0.724. The van der Waals surface area contributed by atoms with Gasteiger partial charge in [0.05, 0.1) is 12.1 Å². The highest BCUT2D eigenvalue weighted by Crippen LogP contribution is 2.25. The second-order valence-corrected chi connectivity index (χ2v) is 5.04. The van der Waals surface area contributed by atoms with Gasteiger partial charge in [-0.05, 0) is 25.0 Å². The first kappa shape index (κ1) is 18.2. The van der Waals surface area contributed by atoms with E-state index in [1.165, 1.54) is 12.1 Å². The van der Waals surface area contributed by atoms with Crippen LogP contribution in [0, 0.1) is 11.7 Å². The first-order valence-corrected chi connectivity index (χ1v) is 6.22. The zero-order chi connectivity index (χ0) is 13.9. The molecule has 1 amide bonds. The molecule has 1 unspecified atom stereocenters. The fraction of sp³-hybridized carbons (Fsp3) is 0.462. The van der Waals surface area contributed by atoms with Gasteiger partial charge >= 0.3 is 0 Å². The lowest BCUT2D eigenvalue weighted by Gasteiger charge is -2.21. The number of amides is 1. The number of nitrogens with two attached hydrogens (primary N) is 1. The van der Waals surface area contributed by atoms with Gasteiger partial charge in [-0.15, -0.1) is 12.4 Å². The van der Waals surface area contributed by atoms with Gasteiger partial charge in [-0.2, -0.15) is 0 Å². The molecule has 0 spiro atoms. The van der Waals surface area contributed by atoms with Crippen molar-refractivity contribution >= 4 is 29.9 Å². The van der Waals surface area contributed by atoms with Crippen LogP contribution in [0.3, 0.4) is 0 Å². The largest absolute Gasteiger partial charge is 0.348 e. The molecule has 108 valence electrons. The number of carbonyl (C=O) groups excluding carboxylic acids is 1. The molecule has 6 heteroatoms. The summed E-state index contributed by atoms with van der Waals surface area (Å²) in [7, 11) is 0. The smallest absolute Gasteiger partial charge is 0.237 e. The third-order valence-electron chi connectivity index (χ3n) is 2.81. The van der Waals surface area contributed by atoms with E-state index < -0.39 is 17.9 Å². The van der Waals surface area contributed by atoms with E-state index in [1.54, 1.807) is 13.0 Å². The predicted octanol–water partition coefficient (Wildman–Crippen LogP) is 3.06. The third kappa shape index (κ3) is 4.64. The minimum atomic E-state index is -0.613. The van der Waals surface area contributed by atoms with Gasteiger partial charge in [0, 0.05) is 10.6 Å². The van der Waals surface area contributed by atoms with E-state index in [1.807, 2.05) is 13.8 Å². The molecule has 0 aliphatic rings. The van der Waals surface area contributed by atoms with E-state index in [2.05, 4.69) is 5.32 Å². The van der Waals surface area contributed by atoms with Crippen molar-refractivity contribution < 1.29 is 9.18 Å². The molecule has 0 saturated heterocycles. The van der Waals surface area contributed by atoms with Crippen LogP contribution in [0.25, 0.3) is 0 Å². The molecule has 0 radical (unpaired) electrons. The Labute approximate surface area is 124 Å². The Balaban J connectivity index is 0.00000324. The van der Waals surface area contributed by atoms with Crippen LogP contribution in [0.4, 0.5) is 4.39 Å². The summed E-state index contributed by atoms with van der Waals surface area (Å²) in [6.07, 6.45) is 0. The number of benzene rings is 1. The van der Waals surface area contributed by atoms with E-state index >= 15 is 0 Å². The van der Waals surface area contributed by atoms with Crippen LogP contribution in [-0.2, 0) is 4.79 Å². The summed E-state index contributed by atoms with van der Waals surface area (Å²) in [6, 6.07) is 3.29. The van der Waals surface area contributed by atoms with E-state index in [0.29, 0.717) is 5.02 Å². The molecule has 1 rings (SSSR count). The molecule has 2 atom stereocenters. The number of rotatable bonds is 4. The Morgan fingerprint density at radius 3 is 2.42 bits per heavy atom. The molecule has 0 aliphatic heterocycles. The Morgan fingerprint density at radius 1 is 1.37 bits per heavy atom. The summed E-state index contributed by atoms with van der Waals surface area (Å²) in [5, 5.41) is 2.96. The average molecular weight is 309 g/mol. The van der Waals surface area contributed by atoms with Crippen molar-refractivity contribution in [2.24, 2.45) is 11.7 Å². The maximum absolute atomic E-state index is 13.6. The van der Waals surface area contributed by atoms with Crippen molar-refractivity contribution in [3.63, 3.8) is 0 Å². The van der Waals surface area contributed by atoms with Crippen LogP contribution in [0.5, 0.6) is 0 Å². The second-order valence-electron chi connectivity index (χ2n) is 4.64. The topological polar surface area (TPSA) is 55.1 Å². The van der Waals surface area contributed by atoms with Crippen molar-refractivity contribution in [2.75, 3.05) is 0 Å². The quantitative estimate of drug-likeness (QED) is 0.898. The molecule has 0 aromatic heterocycles. The number of halogens is 3. The minimum absolute atomic E-state index is 0. The lowest BCUT2D eigenvalue weighted by Crippen LogP contribution is -2.44. The number of hydrogen-bond acceptors (Lipinski definition) is 2. The summed E-state index contributed by atoms with van der Waals surface area (Å²) in [6.45, 7) is 5.38. The third-order valence-corrected chi connectivity index (χ3v) is 3.14. The lowest BCUT2D eigenvalue weighted by atomic mass is 10.0. The van der Waals surface area contributed by atoms with Gasteiger partial charge in [0.15, 0.2) is 0 Å². The monoisotopic (exact) mass is 308 g/mol. The van der Waals surface area contributed by atoms with E-state index in [-0.39, 0.29) is 29.8 Å².